The molecule has 0 amide bonds. The summed E-state index contributed by atoms with van der Waals surface area (Å²) in [4.78, 5) is 16.6. The molecule has 0 atom stereocenters. The van der Waals surface area contributed by atoms with Gasteiger partial charge in [0.05, 0.1) is 12.0 Å². The Labute approximate surface area is 194 Å². The summed E-state index contributed by atoms with van der Waals surface area (Å²) >= 11 is 0. The van der Waals surface area contributed by atoms with Gasteiger partial charge in [0.1, 0.15) is 5.52 Å². The van der Waals surface area contributed by atoms with Gasteiger partial charge in [0, 0.05) is 45.8 Å². The monoisotopic (exact) mass is 445 g/mol. The third-order valence-corrected chi connectivity index (χ3v) is 6.48. The molecule has 1 saturated heterocycles. The first-order valence-electron chi connectivity index (χ1n) is 11.5. The van der Waals surface area contributed by atoms with E-state index in [9.17, 15) is 0 Å². The fourth-order valence-corrected chi connectivity index (χ4v) is 4.43. The lowest BCUT2D eigenvalue weighted by molar-refractivity contribution is 0.355. The predicted octanol–water partition coefficient (Wildman–Crippen LogP) is 3.93. The summed E-state index contributed by atoms with van der Waals surface area (Å²) in [5, 5.41) is 8.05. The molecule has 0 saturated carbocycles. The van der Waals surface area contributed by atoms with E-state index in [0.29, 0.717) is 17.7 Å². The second kappa shape index (κ2) is 7.93. The molecular weight excluding hydrogens is 414 g/mol. The van der Waals surface area contributed by atoms with Crippen molar-refractivity contribution in [3.8, 4) is 0 Å². The molecule has 4 aromatic rings. The topological polar surface area (TPSA) is 85.8 Å². The van der Waals surface area contributed by atoms with Crippen LogP contribution in [0.25, 0.3) is 11.2 Å². The quantitative estimate of drug-likeness (QED) is 0.460. The Bertz CT molecular complexity index is 1310. The normalized spacial score (nSPS) is 14.8. The Kier molecular flexibility index (Phi) is 5.18. The lowest BCUT2D eigenvalue weighted by Crippen LogP contribution is -2.48. The molecule has 3 aromatic heterocycles. The number of rotatable bonds is 5. The fraction of sp³-hybridized carbons (Fsp3) is 0.480. The van der Waals surface area contributed by atoms with Crippen molar-refractivity contribution in [3.63, 3.8) is 0 Å². The molecule has 8 heteroatoms. The molecule has 172 valence electrons. The Morgan fingerprint density at radius 3 is 2.58 bits per heavy atom. The first kappa shape index (κ1) is 21.6. The number of aryl methyl sites for hydroxylation is 3. The van der Waals surface area contributed by atoms with Gasteiger partial charge in [-0.25, -0.2) is 9.97 Å². The number of hydrogen-bond donors (Lipinski definition) is 0. The van der Waals surface area contributed by atoms with E-state index in [1.165, 1.54) is 16.7 Å². The molecule has 5 rings (SSSR count). The van der Waals surface area contributed by atoms with Gasteiger partial charge in [0.15, 0.2) is 5.65 Å². The first-order chi connectivity index (χ1) is 15.7. The van der Waals surface area contributed by atoms with E-state index in [1.54, 1.807) is 0 Å². The van der Waals surface area contributed by atoms with Crippen LogP contribution < -0.4 is 4.90 Å². The van der Waals surface area contributed by atoms with Crippen LogP contribution >= 0.6 is 0 Å². The minimum Gasteiger partial charge on any atom is -0.426 e. The number of nitrogens with zero attached hydrogens (tertiary/aromatic N) is 7. The molecule has 0 N–H and O–H groups in total. The van der Waals surface area contributed by atoms with E-state index < -0.39 is 0 Å². The molecule has 33 heavy (non-hydrogen) atoms. The zero-order valence-electron chi connectivity index (χ0n) is 20.3. The largest absolute Gasteiger partial charge is 0.426 e. The minimum atomic E-state index is 0.102. The Morgan fingerprint density at radius 1 is 1.09 bits per heavy atom. The van der Waals surface area contributed by atoms with Gasteiger partial charge in [0.25, 0.3) is 0 Å². The number of hydrogen-bond acceptors (Lipinski definition) is 7. The summed E-state index contributed by atoms with van der Waals surface area (Å²) in [7, 11) is 2.01. The first-order valence-corrected chi connectivity index (χ1v) is 11.5. The van der Waals surface area contributed by atoms with E-state index in [4.69, 9.17) is 14.4 Å². The van der Waals surface area contributed by atoms with Crippen molar-refractivity contribution >= 4 is 17.1 Å². The fourth-order valence-electron chi connectivity index (χ4n) is 4.43. The highest BCUT2D eigenvalue weighted by molar-refractivity contribution is 5.75. The molecular formula is C25H31N7O. The lowest BCUT2D eigenvalue weighted by Gasteiger charge is -2.38. The molecule has 0 bridgehead atoms. The van der Waals surface area contributed by atoms with Gasteiger partial charge < -0.3 is 13.9 Å². The molecule has 1 aromatic carbocycles. The minimum absolute atomic E-state index is 0.102. The van der Waals surface area contributed by atoms with Crippen LogP contribution in [0.1, 0.15) is 54.9 Å². The molecule has 1 fully saturated rings. The second-order valence-electron chi connectivity index (χ2n) is 10.3. The van der Waals surface area contributed by atoms with E-state index in [-0.39, 0.29) is 5.41 Å². The molecule has 0 radical (unpaired) electrons. The van der Waals surface area contributed by atoms with Gasteiger partial charge in [-0.1, -0.05) is 39.0 Å². The van der Waals surface area contributed by atoms with Crippen molar-refractivity contribution < 1.29 is 4.42 Å². The highest BCUT2D eigenvalue weighted by Crippen LogP contribution is 2.29. The summed E-state index contributed by atoms with van der Waals surface area (Å²) < 4.78 is 7.56. The SMILES string of the molecule is Cc1nnc(CC2CN(c3nc(Cc4cc(C(C)(C)C)ccc4C)c4c(ncn4C)n3)C2)o1. The summed E-state index contributed by atoms with van der Waals surface area (Å²) in [5.74, 6) is 2.52. The van der Waals surface area contributed by atoms with E-state index in [0.717, 1.165) is 48.7 Å². The maximum absolute atomic E-state index is 5.54. The smallest absolute Gasteiger partial charge is 0.227 e. The van der Waals surface area contributed by atoms with Crippen LogP contribution in [0.5, 0.6) is 0 Å². The van der Waals surface area contributed by atoms with Gasteiger partial charge in [-0.15, -0.1) is 10.2 Å². The maximum atomic E-state index is 5.54. The van der Waals surface area contributed by atoms with Gasteiger partial charge in [-0.05, 0) is 29.0 Å². The van der Waals surface area contributed by atoms with Crippen molar-refractivity contribution in [2.45, 2.75) is 52.9 Å². The van der Waals surface area contributed by atoms with Crippen molar-refractivity contribution in [2.75, 3.05) is 18.0 Å². The van der Waals surface area contributed by atoms with Crippen LogP contribution in [-0.2, 0) is 25.3 Å². The Balaban J connectivity index is 1.42. The van der Waals surface area contributed by atoms with Crippen LogP contribution in [0.2, 0.25) is 0 Å². The summed E-state index contributed by atoms with van der Waals surface area (Å²) in [6.07, 6.45) is 3.36. The zero-order chi connectivity index (χ0) is 23.3. The average molecular weight is 446 g/mol. The molecule has 0 spiro atoms. The number of imidazole rings is 1. The van der Waals surface area contributed by atoms with E-state index >= 15 is 0 Å². The van der Waals surface area contributed by atoms with Crippen LogP contribution in [-0.4, -0.2) is 42.8 Å². The molecule has 4 heterocycles. The third kappa shape index (κ3) is 4.21. The molecule has 1 aliphatic heterocycles. The van der Waals surface area contributed by atoms with Gasteiger partial charge in [-0.2, -0.15) is 4.98 Å². The van der Waals surface area contributed by atoms with Crippen LogP contribution in [0.4, 0.5) is 5.95 Å². The summed E-state index contributed by atoms with van der Waals surface area (Å²) in [6.45, 7) is 12.5. The Morgan fingerprint density at radius 2 is 1.88 bits per heavy atom. The molecule has 1 aliphatic rings. The number of benzene rings is 1. The van der Waals surface area contributed by atoms with Gasteiger partial charge >= 0.3 is 0 Å². The number of anilines is 1. The van der Waals surface area contributed by atoms with Gasteiger partial charge in [-0.3, -0.25) is 0 Å². The number of aromatic nitrogens is 6. The number of fused-ring (bicyclic) bond motifs is 1. The summed E-state index contributed by atoms with van der Waals surface area (Å²) in [6, 6.07) is 6.78. The van der Waals surface area contributed by atoms with E-state index in [1.807, 2.05) is 24.9 Å². The van der Waals surface area contributed by atoms with Crippen molar-refractivity contribution in [1.82, 2.24) is 29.7 Å². The zero-order valence-corrected chi connectivity index (χ0v) is 20.3. The highest BCUT2D eigenvalue weighted by atomic mass is 16.4. The second-order valence-corrected chi connectivity index (χ2v) is 10.3. The van der Waals surface area contributed by atoms with Crippen molar-refractivity contribution in [3.05, 3.63) is 58.7 Å². The van der Waals surface area contributed by atoms with Crippen LogP contribution in [0.3, 0.4) is 0 Å². The van der Waals surface area contributed by atoms with Crippen LogP contribution in [0, 0.1) is 19.8 Å². The molecule has 8 nitrogen and oxygen atoms in total. The average Bonchev–Trinajstić information content (AvgIpc) is 3.30. The third-order valence-electron chi connectivity index (χ3n) is 6.48. The molecule has 0 unspecified atom stereocenters. The maximum Gasteiger partial charge on any atom is 0.227 e. The molecule has 0 aliphatic carbocycles. The predicted molar refractivity (Wildman–Crippen MR) is 127 cm³/mol. The van der Waals surface area contributed by atoms with Crippen LogP contribution in [0.15, 0.2) is 28.9 Å². The standard InChI is InChI=1S/C25H31N7O/c1-15-7-8-19(25(3,4)5)10-18(15)11-20-22-23(26-14-31(22)6)28-24(27-20)32-12-17(13-32)9-21-30-29-16(2)33-21/h7-8,10,14,17H,9,11-13H2,1-6H3. The summed E-state index contributed by atoms with van der Waals surface area (Å²) in [5.41, 5.74) is 6.77. The van der Waals surface area contributed by atoms with Gasteiger partial charge in [0.2, 0.25) is 17.7 Å². The Hall–Kier alpha value is -3.29. The van der Waals surface area contributed by atoms with Crippen molar-refractivity contribution in [1.29, 1.82) is 0 Å². The lowest BCUT2D eigenvalue weighted by atomic mass is 9.84. The highest BCUT2D eigenvalue weighted by Gasteiger charge is 2.31. The van der Waals surface area contributed by atoms with E-state index in [2.05, 4.69) is 66.0 Å². The van der Waals surface area contributed by atoms with Crippen molar-refractivity contribution in [2.24, 2.45) is 13.0 Å².